The summed E-state index contributed by atoms with van der Waals surface area (Å²) in [7, 11) is 0. The van der Waals surface area contributed by atoms with Crippen LogP contribution in [0.1, 0.15) is 55.1 Å². The number of hydrazone groups is 1. The van der Waals surface area contributed by atoms with Gasteiger partial charge in [-0.1, -0.05) is 11.6 Å². The Bertz CT molecular complexity index is 1420. The fourth-order valence-corrected chi connectivity index (χ4v) is 5.02. The number of halogens is 4. The number of pyridine rings is 1. The van der Waals surface area contributed by atoms with Crippen LogP contribution in [0.2, 0.25) is 5.02 Å². The highest BCUT2D eigenvalue weighted by atomic mass is 35.5. The molecular formula is C27H25ClF3N5O2. The molecule has 11 heteroatoms. The second kappa shape index (κ2) is 10.2. The Kier molecular flexibility index (Phi) is 7.00. The largest absolute Gasteiger partial charge is 0.433 e. The van der Waals surface area contributed by atoms with Crippen LogP contribution in [0.4, 0.5) is 24.5 Å². The Balaban J connectivity index is 1.20. The molecule has 0 atom stereocenters. The summed E-state index contributed by atoms with van der Waals surface area (Å²) in [6.07, 6.45) is -1.59. The van der Waals surface area contributed by atoms with E-state index in [2.05, 4.69) is 20.7 Å². The summed E-state index contributed by atoms with van der Waals surface area (Å²) in [6.45, 7) is 1.79. The second-order valence-corrected chi connectivity index (χ2v) is 10.1. The van der Waals surface area contributed by atoms with Gasteiger partial charge in [0.2, 0.25) is 0 Å². The van der Waals surface area contributed by atoms with Gasteiger partial charge in [-0.25, -0.2) is 9.99 Å². The number of hydrogen-bond acceptors (Lipinski definition) is 5. The van der Waals surface area contributed by atoms with Gasteiger partial charge in [-0.2, -0.15) is 18.3 Å². The van der Waals surface area contributed by atoms with Crippen LogP contribution in [0, 0.1) is 0 Å². The molecule has 2 N–H and O–H groups in total. The van der Waals surface area contributed by atoms with Gasteiger partial charge in [0.1, 0.15) is 5.69 Å². The van der Waals surface area contributed by atoms with Gasteiger partial charge in [0, 0.05) is 39.5 Å². The molecule has 1 saturated carbocycles. The normalized spacial score (nSPS) is 20.0. The third-order valence-corrected chi connectivity index (χ3v) is 7.01. The van der Waals surface area contributed by atoms with E-state index in [1.54, 1.807) is 37.3 Å². The van der Waals surface area contributed by atoms with Crippen molar-refractivity contribution in [1.82, 2.24) is 10.3 Å². The smallest absolute Gasteiger partial charge is 0.382 e. The van der Waals surface area contributed by atoms with E-state index in [1.165, 1.54) is 17.1 Å². The molecule has 0 unspecified atom stereocenters. The van der Waals surface area contributed by atoms with Crippen molar-refractivity contribution in [3.8, 4) is 0 Å². The number of aromatic nitrogens is 1. The molecule has 1 fully saturated rings. The van der Waals surface area contributed by atoms with Crippen LogP contribution in [-0.2, 0) is 11.0 Å². The molecule has 1 aromatic heterocycles. The van der Waals surface area contributed by atoms with E-state index in [1.807, 2.05) is 0 Å². The highest BCUT2D eigenvalue weighted by molar-refractivity contribution is 6.31. The number of amides is 2. The molecule has 1 aliphatic carbocycles. The lowest BCUT2D eigenvalue weighted by atomic mass is 9.90. The zero-order valence-electron chi connectivity index (χ0n) is 20.5. The average molecular weight is 544 g/mol. The summed E-state index contributed by atoms with van der Waals surface area (Å²) in [5, 5.41) is 12.8. The predicted octanol–water partition coefficient (Wildman–Crippen LogP) is 6.17. The van der Waals surface area contributed by atoms with Crippen LogP contribution in [0.15, 0.2) is 53.6 Å². The Morgan fingerprint density at radius 3 is 2.34 bits per heavy atom. The maximum atomic E-state index is 13.4. The molecule has 2 heterocycles. The fourth-order valence-electron chi connectivity index (χ4n) is 4.84. The lowest BCUT2D eigenvalue weighted by Crippen LogP contribution is -2.40. The highest BCUT2D eigenvalue weighted by Gasteiger charge is 2.34. The maximum Gasteiger partial charge on any atom is 0.433 e. The molecule has 2 aromatic carbocycles. The SMILES string of the molecule is CC1=NN(c2ccc(C(=O)NC3CCC(Nc4cc(C(F)(F)F)nc5ccc(Cl)cc45)CC3)cc2)C(=O)C1. The van der Waals surface area contributed by atoms with E-state index in [0.29, 0.717) is 53.0 Å². The number of carbonyl (C=O) groups is 2. The zero-order valence-corrected chi connectivity index (χ0v) is 21.2. The predicted molar refractivity (Wildman–Crippen MR) is 141 cm³/mol. The van der Waals surface area contributed by atoms with Crippen molar-refractivity contribution in [1.29, 1.82) is 0 Å². The van der Waals surface area contributed by atoms with Crippen molar-refractivity contribution in [3.63, 3.8) is 0 Å². The minimum atomic E-state index is -4.57. The molecule has 7 nitrogen and oxygen atoms in total. The summed E-state index contributed by atoms with van der Waals surface area (Å²) >= 11 is 6.09. The van der Waals surface area contributed by atoms with E-state index < -0.39 is 11.9 Å². The highest BCUT2D eigenvalue weighted by Crippen LogP contribution is 2.35. The van der Waals surface area contributed by atoms with E-state index in [0.717, 1.165) is 11.8 Å². The number of nitrogens with zero attached hydrogens (tertiary/aromatic N) is 3. The van der Waals surface area contributed by atoms with Gasteiger partial charge >= 0.3 is 6.18 Å². The fraction of sp³-hybridized carbons (Fsp3) is 0.333. The van der Waals surface area contributed by atoms with Crippen molar-refractivity contribution in [2.75, 3.05) is 10.3 Å². The monoisotopic (exact) mass is 543 g/mol. The molecule has 2 aliphatic rings. The van der Waals surface area contributed by atoms with Gasteiger partial charge in [-0.3, -0.25) is 9.59 Å². The topological polar surface area (TPSA) is 86.7 Å². The molecule has 0 spiro atoms. The third-order valence-electron chi connectivity index (χ3n) is 6.77. The van der Waals surface area contributed by atoms with Crippen LogP contribution in [0.3, 0.4) is 0 Å². The first kappa shape index (κ1) is 26.0. The van der Waals surface area contributed by atoms with Crippen molar-refractivity contribution in [3.05, 3.63) is 64.8 Å². The van der Waals surface area contributed by atoms with Gasteiger partial charge < -0.3 is 10.6 Å². The van der Waals surface area contributed by atoms with Gasteiger partial charge in [0.25, 0.3) is 11.8 Å². The average Bonchev–Trinajstić information content (AvgIpc) is 3.22. The number of fused-ring (bicyclic) bond motifs is 1. The standard InChI is InChI=1S/C27H25ClF3N5O2/c1-15-12-25(37)36(35-15)20-9-2-16(3-10-20)26(38)33-19-7-5-18(6-8-19)32-23-14-24(27(29,30)31)34-22-11-4-17(28)13-21(22)23/h2-4,9-11,13-14,18-19H,5-8,12H2,1H3,(H,32,34)(H,33,38). The summed E-state index contributed by atoms with van der Waals surface area (Å²) in [5.74, 6) is -0.326. The molecule has 2 amide bonds. The second-order valence-electron chi connectivity index (χ2n) is 9.65. The minimum Gasteiger partial charge on any atom is -0.382 e. The van der Waals surface area contributed by atoms with E-state index >= 15 is 0 Å². The van der Waals surface area contributed by atoms with Crippen LogP contribution >= 0.6 is 11.6 Å². The Labute approximate surface area is 222 Å². The summed E-state index contributed by atoms with van der Waals surface area (Å²) in [4.78, 5) is 28.6. The number of benzene rings is 2. The Hall–Kier alpha value is -3.66. The van der Waals surface area contributed by atoms with Crippen molar-refractivity contribution < 1.29 is 22.8 Å². The Morgan fingerprint density at radius 2 is 1.71 bits per heavy atom. The summed E-state index contributed by atoms with van der Waals surface area (Å²) in [6, 6.07) is 12.2. The molecule has 38 heavy (non-hydrogen) atoms. The van der Waals surface area contributed by atoms with Crippen LogP contribution < -0.4 is 15.6 Å². The molecule has 1 aliphatic heterocycles. The van der Waals surface area contributed by atoms with Crippen LogP contribution in [-0.4, -0.2) is 34.6 Å². The summed E-state index contributed by atoms with van der Waals surface area (Å²) in [5.41, 5.74) is 1.42. The first-order valence-corrected chi connectivity index (χ1v) is 12.7. The molecular weight excluding hydrogens is 519 g/mol. The van der Waals surface area contributed by atoms with Crippen molar-refractivity contribution >= 4 is 51.4 Å². The molecule has 0 saturated heterocycles. The van der Waals surface area contributed by atoms with Crippen LogP contribution in [0.25, 0.3) is 10.9 Å². The maximum absolute atomic E-state index is 13.4. The van der Waals surface area contributed by atoms with Crippen LogP contribution in [0.5, 0.6) is 0 Å². The van der Waals surface area contributed by atoms with Gasteiger partial charge in [0.15, 0.2) is 0 Å². The van der Waals surface area contributed by atoms with E-state index in [4.69, 9.17) is 11.6 Å². The van der Waals surface area contributed by atoms with Crippen molar-refractivity contribution in [2.24, 2.45) is 5.10 Å². The molecule has 0 bridgehead atoms. The quantitative estimate of drug-likeness (QED) is 0.403. The molecule has 0 radical (unpaired) electrons. The zero-order chi connectivity index (χ0) is 27.0. The van der Waals surface area contributed by atoms with E-state index in [9.17, 15) is 22.8 Å². The number of anilines is 2. The van der Waals surface area contributed by atoms with Gasteiger partial charge in [-0.15, -0.1) is 0 Å². The van der Waals surface area contributed by atoms with Gasteiger partial charge in [0.05, 0.1) is 17.6 Å². The minimum absolute atomic E-state index is 0.0537. The number of hydrogen-bond donors (Lipinski definition) is 2. The summed E-state index contributed by atoms with van der Waals surface area (Å²) < 4.78 is 40.3. The third kappa shape index (κ3) is 5.60. The first-order chi connectivity index (χ1) is 18.1. The molecule has 3 aromatic rings. The van der Waals surface area contributed by atoms with E-state index in [-0.39, 0.29) is 35.8 Å². The lowest BCUT2D eigenvalue weighted by Gasteiger charge is -2.31. The first-order valence-electron chi connectivity index (χ1n) is 12.3. The number of alkyl halides is 3. The molecule has 198 valence electrons. The number of carbonyl (C=O) groups excluding carboxylic acids is 2. The van der Waals surface area contributed by atoms with Gasteiger partial charge in [-0.05, 0) is 81.1 Å². The molecule has 5 rings (SSSR count). The number of rotatable bonds is 5. The van der Waals surface area contributed by atoms with Crippen molar-refractivity contribution in [2.45, 2.75) is 57.3 Å². The Morgan fingerprint density at radius 1 is 1.03 bits per heavy atom. The lowest BCUT2D eigenvalue weighted by molar-refractivity contribution is -0.140. The number of nitrogens with one attached hydrogen (secondary N) is 2.